The number of hydrogen-bond donors (Lipinski definition) is 3. The van der Waals surface area contributed by atoms with Crippen molar-refractivity contribution in [1.82, 2.24) is 25.1 Å². The second-order valence-corrected chi connectivity index (χ2v) is 10.0. The lowest BCUT2D eigenvalue weighted by Crippen LogP contribution is -2.48. The number of nitrogens with two attached hydrogens (primary N) is 1. The van der Waals surface area contributed by atoms with Gasteiger partial charge in [0.05, 0.1) is 0 Å². The SMILES string of the molecule is CNc1nc(N)c(Cl)nc1C(=O)NC1CCCN(CCCc2ccc(OCC(=O)N(C)CCCOC)cc2)C1. The van der Waals surface area contributed by atoms with Crippen LogP contribution in [0, 0.1) is 0 Å². The molecule has 0 aliphatic carbocycles. The summed E-state index contributed by atoms with van der Waals surface area (Å²) in [6, 6.07) is 7.92. The van der Waals surface area contributed by atoms with E-state index >= 15 is 0 Å². The molecule has 2 amide bonds. The second-order valence-electron chi connectivity index (χ2n) is 9.66. The predicted octanol–water partition coefficient (Wildman–Crippen LogP) is 2.45. The Morgan fingerprint density at radius 3 is 2.72 bits per heavy atom. The Morgan fingerprint density at radius 1 is 1.23 bits per heavy atom. The fraction of sp³-hybridized carbons (Fsp3) is 0.556. The van der Waals surface area contributed by atoms with Crippen molar-refractivity contribution in [3.63, 3.8) is 0 Å². The van der Waals surface area contributed by atoms with Crippen molar-refractivity contribution < 1.29 is 19.1 Å². The van der Waals surface area contributed by atoms with Crippen LogP contribution in [0.1, 0.15) is 41.7 Å². The van der Waals surface area contributed by atoms with Crippen molar-refractivity contribution in [2.75, 3.05) is 71.6 Å². The minimum atomic E-state index is -0.317. The average molecular weight is 562 g/mol. The minimum absolute atomic E-state index is 0.0128. The predicted molar refractivity (Wildman–Crippen MR) is 152 cm³/mol. The van der Waals surface area contributed by atoms with Gasteiger partial charge in [0.1, 0.15) is 5.75 Å². The molecule has 1 fully saturated rings. The molecule has 1 unspecified atom stereocenters. The molecule has 0 spiro atoms. The van der Waals surface area contributed by atoms with E-state index in [1.165, 1.54) is 5.56 Å². The van der Waals surface area contributed by atoms with Crippen LogP contribution in [0.2, 0.25) is 5.15 Å². The number of aryl methyl sites for hydroxylation is 1. The number of rotatable bonds is 14. The van der Waals surface area contributed by atoms with Crippen molar-refractivity contribution in [3.8, 4) is 5.75 Å². The monoisotopic (exact) mass is 561 g/mol. The fourth-order valence-electron chi connectivity index (χ4n) is 4.48. The molecule has 3 rings (SSSR count). The average Bonchev–Trinajstić information content (AvgIpc) is 2.93. The Kier molecular flexibility index (Phi) is 12.0. The number of likely N-dealkylation sites (tertiary alicyclic amines) is 1. The second kappa shape index (κ2) is 15.4. The fourth-order valence-corrected chi connectivity index (χ4v) is 4.60. The van der Waals surface area contributed by atoms with E-state index in [0.29, 0.717) is 24.7 Å². The summed E-state index contributed by atoms with van der Waals surface area (Å²) in [5.74, 6) is 0.688. The van der Waals surface area contributed by atoms with Crippen molar-refractivity contribution in [2.24, 2.45) is 0 Å². The number of carbonyl (C=O) groups excluding carboxylic acids is 2. The Hall–Kier alpha value is -3.15. The zero-order chi connectivity index (χ0) is 28.2. The first-order chi connectivity index (χ1) is 18.8. The number of nitrogens with one attached hydrogen (secondary N) is 2. The maximum Gasteiger partial charge on any atom is 0.274 e. The van der Waals surface area contributed by atoms with Crippen LogP contribution in [-0.2, 0) is 16.0 Å². The third-order valence-electron chi connectivity index (χ3n) is 6.66. The number of nitrogens with zero attached hydrogens (tertiary/aromatic N) is 4. The van der Waals surface area contributed by atoms with Crippen LogP contribution in [-0.4, -0.2) is 98.2 Å². The summed E-state index contributed by atoms with van der Waals surface area (Å²) in [5.41, 5.74) is 7.06. The molecule has 1 aromatic heterocycles. The highest BCUT2D eigenvalue weighted by Crippen LogP contribution is 2.20. The zero-order valence-corrected chi connectivity index (χ0v) is 23.8. The molecule has 0 radical (unpaired) electrons. The number of ether oxygens (including phenoxy) is 2. The number of aromatic nitrogens is 2. The molecule has 1 aromatic carbocycles. The number of likely N-dealkylation sites (N-methyl/N-ethyl adjacent to an activating group) is 1. The number of anilines is 2. The number of carbonyl (C=O) groups is 2. The molecule has 1 saturated heterocycles. The molecule has 1 atom stereocenters. The van der Waals surface area contributed by atoms with Gasteiger partial charge in [-0.2, -0.15) is 0 Å². The van der Waals surface area contributed by atoms with Gasteiger partial charge in [-0.25, -0.2) is 9.97 Å². The van der Waals surface area contributed by atoms with Crippen LogP contribution < -0.4 is 21.1 Å². The van der Waals surface area contributed by atoms with Crippen LogP contribution in [0.5, 0.6) is 5.75 Å². The normalized spacial score (nSPS) is 15.5. The quantitative estimate of drug-likeness (QED) is 0.297. The number of piperidine rings is 1. The van der Waals surface area contributed by atoms with Gasteiger partial charge in [0.2, 0.25) is 0 Å². The lowest BCUT2D eigenvalue weighted by molar-refractivity contribution is -0.132. The summed E-state index contributed by atoms with van der Waals surface area (Å²) >= 11 is 5.99. The van der Waals surface area contributed by atoms with Crippen LogP contribution in [0.4, 0.5) is 11.6 Å². The van der Waals surface area contributed by atoms with E-state index in [-0.39, 0.29) is 41.1 Å². The van der Waals surface area contributed by atoms with Gasteiger partial charge in [-0.15, -0.1) is 0 Å². The van der Waals surface area contributed by atoms with E-state index in [9.17, 15) is 9.59 Å². The molecule has 12 heteroatoms. The van der Waals surface area contributed by atoms with Crippen LogP contribution in [0.3, 0.4) is 0 Å². The van der Waals surface area contributed by atoms with Gasteiger partial charge in [-0.05, 0) is 62.9 Å². The smallest absolute Gasteiger partial charge is 0.274 e. The maximum atomic E-state index is 12.9. The summed E-state index contributed by atoms with van der Waals surface area (Å²) in [6.07, 6.45) is 4.63. The maximum absolute atomic E-state index is 12.9. The number of nitrogen functional groups attached to an aromatic ring is 1. The van der Waals surface area contributed by atoms with E-state index in [0.717, 1.165) is 51.7 Å². The van der Waals surface area contributed by atoms with Gasteiger partial charge in [0, 0.05) is 46.9 Å². The first kappa shape index (κ1) is 30.4. The number of hydrogen-bond acceptors (Lipinski definition) is 9. The first-order valence-corrected chi connectivity index (χ1v) is 13.7. The van der Waals surface area contributed by atoms with E-state index in [1.807, 2.05) is 24.3 Å². The summed E-state index contributed by atoms with van der Waals surface area (Å²) in [4.78, 5) is 37.3. The number of methoxy groups -OCH3 is 1. The van der Waals surface area contributed by atoms with E-state index < -0.39 is 0 Å². The van der Waals surface area contributed by atoms with Gasteiger partial charge < -0.3 is 35.6 Å². The zero-order valence-electron chi connectivity index (χ0n) is 23.0. The van der Waals surface area contributed by atoms with Gasteiger partial charge in [0.15, 0.2) is 29.1 Å². The number of halogens is 1. The topological polar surface area (TPSA) is 135 Å². The summed E-state index contributed by atoms with van der Waals surface area (Å²) in [6.45, 7) is 4.00. The van der Waals surface area contributed by atoms with Gasteiger partial charge in [-0.1, -0.05) is 23.7 Å². The molecule has 0 saturated carbocycles. The minimum Gasteiger partial charge on any atom is -0.484 e. The molecular weight excluding hydrogens is 522 g/mol. The molecule has 2 aromatic rings. The Morgan fingerprint density at radius 2 is 2.00 bits per heavy atom. The highest BCUT2D eigenvalue weighted by Gasteiger charge is 2.24. The Labute approximate surface area is 235 Å². The molecular formula is C27H40ClN7O4. The van der Waals surface area contributed by atoms with Crippen molar-refractivity contribution >= 4 is 35.1 Å². The molecule has 214 valence electrons. The summed E-state index contributed by atoms with van der Waals surface area (Å²) in [7, 11) is 5.08. The van der Waals surface area contributed by atoms with E-state index in [4.69, 9.17) is 26.8 Å². The van der Waals surface area contributed by atoms with E-state index in [2.05, 4.69) is 25.5 Å². The summed E-state index contributed by atoms with van der Waals surface area (Å²) in [5, 5.41) is 5.93. The van der Waals surface area contributed by atoms with Gasteiger partial charge in [-0.3, -0.25) is 9.59 Å². The number of amides is 2. The Balaban J connectivity index is 1.39. The highest BCUT2D eigenvalue weighted by atomic mass is 35.5. The molecule has 0 bridgehead atoms. The lowest BCUT2D eigenvalue weighted by Gasteiger charge is -2.33. The van der Waals surface area contributed by atoms with Crippen LogP contribution in [0.25, 0.3) is 0 Å². The van der Waals surface area contributed by atoms with Crippen molar-refractivity contribution in [1.29, 1.82) is 0 Å². The molecule has 1 aliphatic rings. The third-order valence-corrected chi connectivity index (χ3v) is 6.94. The first-order valence-electron chi connectivity index (χ1n) is 13.3. The standard InChI is InChI=1S/C27H40ClN7O4/c1-30-26-23(32-24(28)25(29)33-26)27(37)31-20-8-5-15-35(17-20)14-4-7-19-9-11-21(12-10-19)39-18-22(36)34(2)13-6-16-38-3/h9-12,20H,4-8,13-18H2,1-3H3,(H,31,37)(H3,29,30,33). The number of benzene rings is 1. The molecule has 4 N–H and O–H groups in total. The molecule has 1 aliphatic heterocycles. The molecule has 11 nitrogen and oxygen atoms in total. The summed E-state index contributed by atoms with van der Waals surface area (Å²) < 4.78 is 10.7. The molecule has 39 heavy (non-hydrogen) atoms. The van der Waals surface area contributed by atoms with Crippen LogP contribution >= 0.6 is 11.6 Å². The van der Waals surface area contributed by atoms with Gasteiger partial charge in [0.25, 0.3) is 11.8 Å². The highest BCUT2D eigenvalue weighted by molar-refractivity contribution is 6.31. The van der Waals surface area contributed by atoms with Crippen LogP contribution in [0.15, 0.2) is 24.3 Å². The van der Waals surface area contributed by atoms with Crippen molar-refractivity contribution in [3.05, 3.63) is 40.7 Å². The van der Waals surface area contributed by atoms with E-state index in [1.54, 1.807) is 26.1 Å². The Bertz CT molecular complexity index is 1090. The van der Waals surface area contributed by atoms with Crippen molar-refractivity contribution in [2.45, 2.75) is 38.1 Å². The largest absolute Gasteiger partial charge is 0.484 e. The third kappa shape index (κ3) is 9.52. The lowest BCUT2D eigenvalue weighted by atomic mass is 10.0. The molecule has 2 heterocycles. The van der Waals surface area contributed by atoms with Gasteiger partial charge >= 0.3 is 0 Å².